The third-order valence-electron chi connectivity index (χ3n) is 4.59. The number of hydrogen-bond donors (Lipinski definition) is 3. The van der Waals surface area contributed by atoms with Crippen molar-refractivity contribution in [3.8, 4) is 11.1 Å². The minimum Gasteiger partial charge on any atom is -0.361 e. The molecule has 0 bridgehead atoms. The fourth-order valence-electron chi connectivity index (χ4n) is 3.19. The SMILES string of the molecule is O=C(Nc1c[nH]c2ncc(-c3ccc4[nH]ccc4c3)cc12)c1cccnc1. The molecule has 0 fully saturated rings. The van der Waals surface area contributed by atoms with Crippen molar-refractivity contribution in [1.82, 2.24) is 19.9 Å². The van der Waals surface area contributed by atoms with E-state index in [0.29, 0.717) is 11.3 Å². The molecular weight excluding hydrogens is 338 g/mol. The first-order valence-corrected chi connectivity index (χ1v) is 8.54. The van der Waals surface area contributed by atoms with Crippen LogP contribution in [0.5, 0.6) is 0 Å². The van der Waals surface area contributed by atoms with Crippen LogP contribution in [0.2, 0.25) is 0 Å². The Labute approximate surface area is 154 Å². The number of aromatic nitrogens is 4. The van der Waals surface area contributed by atoms with Crippen molar-refractivity contribution >= 4 is 33.5 Å². The molecule has 27 heavy (non-hydrogen) atoms. The number of benzene rings is 1. The summed E-state index contributed by atoms with van der Waals surface area (Å²) in [5.41, 5.74) is 5.08. The van der Waals surface area contributed by atoms with Crippen LogP contribution in [0.1, 0.15) is 10.4 Å². The fourth-order valence-corrected chi connectivity index (χ4v) is 3.19. The van der Waals surface area contributed by atoms with Crippen LogP contribution in [-0.4, -0.2) is 25.8 Å². The maximum atomic E-state index is 12.4. The summed E-state index contributed by atoms with van der Waals surface area (Å²) >= 11 is 0. The van der Waals surface area contributed by atoms with Crippen LogP contribution in [0.25, 0.3) is 33.1 Å². The van der Waals surface area contributed by atoms with E-state index in [-0.39, 0.29) is 5.91 Å². The van der Waals surface area contributed by atoms with Gasteiger partial charge in [-0.1, -0.05) is 6.07 Å². The molecule has 1 amide bonds. The first-order valence-electron chi connectivity index (χ1n) is 8.54. The summed E-state index contributed by atoms with van der Waals surface area (Å²) in [6.07, 6.45) is 8.69. The number of hydrogen-bond acceptors (Lipinski definition) is 3. The van der Waals surface area contributed by atoms with E-state index in [1.165, 1.54) is 0 Å². The normalized spacial score (nSPS) is 11.1. The second-order valence-electron chi connectivity index (χ2n) is 6.30. The molecule has 0 radical (unpaired) electrons. The Kier molecular flexibility index (Phi) is 3.47. The van der Waals surface area contributed by atoms with E-state index in [1.807, 2.05) is 24.5 Å². The van der Waals surface area contributed by atoms with E-state index in [2.05, 4.69) is 43.5 Å². The molecule has 4 heterocycles. The maximum Gasteiger partial charge on any atom is 0.257 e. The third-order valence-corrected chi connectivity index (χ3v) is 4.59. The van der Waals surface area contributed by atoms with Crippen molar-refractivity contribution in [1.29, 1.82) is 0 Å². The molecule has 0 atom stereocenters. The van der Waals surface area contributed by atoms with E-state index < -0.39 is 0 Å². The Balaban J connectivity index is 1.53. The van der Waals surface area contributed by atoms with Crippen molar-refractivity contribution in [2.45, 2.75) is 0 Å². The van der Waals surface area contributed by atoms with E-state index >= 15 is 0 Å². The minimum atomic E-state index is -0.205. The largest absolute Gasteiger partial charge is 0.361 e. The van der Waals surface area contributed by atoms with Gasteiger partial charge in [0.05, 0.1) is 11.3 Å². The molecule has 6 nitrogen and oxygen atoms in total. The standard InChI is InChI=1S/C21H15N5O/c27-21(15-2-1-6-22-10-15)26-19-12-25-20-17(19)9-16(11-24-20)13-3-4-18-14(8-13)5-7-23-18/h1-12,23H,(H,24,25)(H,26,27). The zero-order chi connectivity index (χ0) is 18.2. The average molecular weight is 353 g/mol. The second kappa shape index (κ2) is 6.10. The number of nitrogens with zero attached hydrogens (tertiary/aromatic N) is 2. The molecule has 4 aromatic heterocycles. The zero-order valence-corrected chi connectivity index (χ0v) is 14.2. The Hall–Kier alpha value is -3.93. The van der Waals surface area contributed by atoms with E-state index in [4.69, 9.17) is 0 Å². The number of carbonyl (C=O) groups is 1. The molecule has 5 rings (SSSR count). The highest BCUT2D eigenvalue weighted by Gasteiger charge is 2.12. The highest BCUT2D eigenvalue weighted by atomic mass is 16.1. The van der Waals surface area contributed by atoms with Crippen molar-refractivity contribution in [2.24, 2.45) is 0 Å². The highest BCUT2D eigenvalue weighted by Crippen LogP contribution is 2.29. The van der Waals surface area contributed by atoms with Crippen molar-refractivity contribution in [2.75, 3.05) is 5.32 Å². The first kappa shape index (κ1) is 15.3. The van der Waals surface area contributed by atoms with Crippen LogP contribution in [0, 0.1) is 0 Å². The van der Waals surface area contributed by atoms with Crippen LogP contribution in [0.4, 0.5) is 5.69 Å². The number of rotatable bonds is 3. The molecule has 130 valence electrons. The van der Waals surface area contributed by atoms with Gasteiger partial charge in [-0.15, -0.1) is 0 Å². The molecule has 0 unspecified atom stereocenters. The summed E-state index contributed by atoms with van der Waals surface area (Å²) in [5, 5.41) is 4.94. The summed E-state index contributed by atoms with van der Waals surface area (Å²) in [7, 11) is 0. The maximum absolute atomic E-state index is 12.4. The topological polar surface area (TPSA) is 86.5 Å². The Bertz CT molecular complexity index is 1270. The molecular formula is C21H15N5O. The third kappa shape index (κ3) is 2.73. The number of fused-ring (bicyclic) bond motifs is 2. The van der Waals surface area contributed by atoms with Crippen molar-refractivity contribution in [3.63, 3.8) is 0 Å². The second-order valence-corrected chi connectivity index (χ2v) is 6.30. The van der Waals surface area contributed by atoms with Gasteiger partial charge in [0, 0.05) is 47.5 Å². The molecule has 0 spiro atoms. The number of H-pyrrole nitrogens is 2. The Morgan fingerprint density at radius 2 is 1.96 bits per heavy atom. The number of pyridine rings is 2. The molecule has 5 aromatic rings. The molecule has 0 saturated carbocycles. The van der Waals surface area contributed by atoms with Gasteiger partial charge in [-0.05, 0) is 47.3 Å². The van der Waals surface area contributed by atoms with Crippen LogP contribution < -0.4 is 5.32 Å². The van der Waals surface area contributed by atoms with Crippen LogP contribution in [0.15, 0.2) is 73.4 Å². The number of nitrogens with one attached hydrogen (secondary N) is 3. The molecule has 0 saturated heterocycles. The molecule has 0 aliphatic carbocycles. The van der Waals surface area contributed by atoms with Crippen LogP contribution in [-0.2, 0) is 0 Å². The summed E-state index contributed by atoms with van der Waals surface area (Å²) in [6, 6.07) is 13.8. The number of amides is 1. The molecule has 0 aliphatic rings. The lowest BCUT2D eigenvalue weighted by atomic mass is 10.0. The minimum absolute atomic E-state index is 0.205. The van der Waals surface area contributed by atoms with Gasteiger partial charge in [-0.25, -0.2) is 4.98 Å². The van der Waals surface area contributed by atoms with Gasteiger partial charge in [0.15, 0.2) is 0 Å². The predicted octanol–water partition coefficient (Wildman–Crippen LogP) is 4.36. The lowest BCUT2D eigenvalue weighted by Crippen LogP contribution is -2.11. The van der Waals surface area contributed by atoms with Gasteiger partial charge in [0.1, 0.15) is 5.65 Å². The van der Waals surface area contributed by atoms with E-state index in [9.17, 15) is 4.79 Å². The van der Waals surface area contributed by atoms with Crippen LogP contribution in [0.3, 0.4) is 0 Å². The summed E-state index contributed by atoms with van der Waals surface area (Å²) in [5.74, 6) is -0.205. The fraction of sp³-hybridized carbons (Fsp3) is 0. The van der Waals surface area contributed by atoms with Gasteiger partial charge >= 0.3 is 0 Å². The molecule has 3 N–H and O–H groups in total. The quantitative estimate of drug-likeness (QED) is 0.450. The lowest BCUT2D eigenvalue weighted by molar-refractivity contribution is 0.102. The molecule has 1 aromatic carbocycles. The van der Waals surface area contributed by atoms with Crippen molar-refractivity contribution < 1.29 is 4.79 Å². The van der Waals surface area contributed by atoms with Gasteiger partial charge in [0.2, 0.25) is 0 Å². The zero-order valence-electron chi connectivity index (χ0n) is 14.2. The summed E-state index contributed by atoms with van der Waals surface area (Å²) < 4.78 is 0. The van der Waals surface area contributed by atoms with Gasteiger partial charge < -0.3 is 15.3 Å². The smallest absolute Gasteiger partial charge is 0.257 e. The van der Waals surface area contributed by atoms with E-state index in [0.717, 1.165) is 33.1 Å². The highest BCUT2D eigenvalue weighted by molar-refractivity contribution is 6.08. The molecule has 6 heteroatoms. The number of aromatic amines is 2. The van der Waals surface area contributed by atoms with Gasteiger partial charge in [-0.3, -0.25) is 9.78 Å². The van der Waals surface area contributed by atoms with Crippen molar-refractivity contribution in [3.05, 3.63) is 79.0 Å². The number of carbonyl (C=O) groups excluding carboxylic acids is 1. The van der Waals surface area contributed by atoms with Gasteiger partial charge in [-0.2, -0.15) is 0 Å². The average Bonchev–Trinajstić information content (AvgIpc) is 3.34. The Morgan fingerprint density at radius 1 is 1.00 bits per heavy atom. The lowest BCUT2D eigenvalue weighted by Gasteiger charge is -2.05. The van der Waals surface area contributed by atoms with Gasteiger partial charge in [0.25, 0.3) is 5.91 Å². The summed E-state index contributed by atoms with van der Waals surface area (Å²) in [4.78, 5) is 27.2. The monoisotopic (exact) mass is 353 g/mol. The number of anilines is 1. The predicted molar refractivity (Wildman–Crippen MR) is 106 cm³/mol. The first-order chi connectivity index (χ1) is 13.3. The Morgan fingerprint density at radius 3 is 2.85 bits per heavy atom. The summed E-state index contributed by atoms with van der Waals surface area (Å²) in [6.45, 7) is 0. The van der Waals surface area contributed by atoms with E-state index in [1.54, 1.807) is 30.7 Å². The van der Waals surface area contributed by atoms with Crippen LogP contribution >= 0.6 is 0 Å². The molecule has 0 aliphatic heterocycles.